The number of piperazine rings is 1. The van der Waals surface area contributed by atoms with Crippen molar-refractivity contribution in [3.05, 3.63) is 46.8 Å². The number of hydrogen-bond donors (Lipinski definition) is 1. The second kappa shape index (κ2) is 16.8. The molecule has 4 aliphatic rings. The van der Waals surface area contributed by atoms with Crippen molar-refractivity contribution in [2.75, 3.05) is 45.9 Å². The fourth-order valence-corrected chi connectivity index (χ4v) is 8.08. The summed E-state index contributed by atoms with van der Waals surface area (Å²) in [7, 11) is 0. The van der Waals surface area contributed by atoms with E-state index < -0.39 is 5.54 Å². The van der Waals surface area contributed by atoms with Gasteiger partial charge in [-0.05, 0) is 69.7 Å². The molecule has 3 saturated heterocycles. The van der Waals surface area contributed by atoms with Crippen molar-refractivity contribution in [2.45, 2.75) is 103 Å². The number of aryl methyl sites for hydroxylation is 1. The first-order valence-corrected chi connectivity index (χ1v) is 17.7. The maximum absolute atomic E-state index is 13.9. The summed E-state index contributed by atoms with van der Waals surface area (Å²) < 4.78 is 7.35. The van der Waals surface area contributed by atoms with E-state index in [2.05, 4.69) is 24.1 Å². The van der Waals surface area contributed by atoms with Crippen LogP contribution in [0.2, 0.25) is 0 Å². The molecule has 4 fully saturated rings. The highest BCUT2D eigenvalue weighted by molar-refractivity contribution is 6.00. The summed E-state index contributed by atoms with van der Waals surface area (Å²) in [4.78, 5) is 46.9. The van der Waals surface area contributed by atoms with Crippen LogP contribution in [-0.2, 0) is 20.9 Å². The second-order valence-electron chi connectivity index (χ2n) is 13.9. The Morgan fingerprint density at radius 2 is 1.65 bits per heavy atom. The SMILES string of the molecule is CCCCN1C(=O)[C@H](CC2CCCCC2)NC(=O)C12CCN(Cc1c(C)nn(-c3ccc(C(=O)N4CCOCC4)cc3)c1C)CC2.Cl.Cl. The van der Waals surface area contributed by atoms with Crippen LogP contribution in [0.3, 0.4) is 0 Å². The van der Waals surface area contributed by atoms with Crippen LogP contribution in [0.5, 0.6) is 0 Å². The van der Waals surface area contributed by atoms with E-state index in [0.29, 0.717) is 57.2 Å². The van der Waals surface area contributed by atoms with Crippen molar-refractivity contribution < 1.29 is 19.1 Å². The standard InChI is InChI=1S/C36H52N6O4.2ClH/c1-4-5-17-41-34(44)32(24-28-9-7-6-8-10-28)37-35(45)36(41)15-18-39(19-16-36)25-31-26(2)38-42(27(31)3)30-13-11-29(12-14-30)33(43)40-20-22-46-23-21-40;;/h11-14,28,32H,4-10,15-25H2,1-3H3,(H,37,45);2*1H/t32-;;/m0../s1. The number of carbonyl (C=O) groups excluding carboxylic acids is 3. The number of benzene rings is 1. The molecular weight excluding hydrogens is 651 g/mol. The van der Waals surface area contributed by atoms with E-state index >= 15 is 0 Å². The van der Waals surface area contributed by atoms with Gasteiger partial charge in [0.1, 0.15) is 11.6 Å². The minimum Gasteiger partial charge on any atom is -0.378 e. The Hall–Kier alpha value is -2.66. The van der Waals surface area contributed by atoms with Crippen molar-refractivity contribution in [1.82, 2.24) is 29.8 Å². The molecule has 2 aromatic rings. The smallest absolute Gasteiger partial charge is 0.254 e. The molecule has 3 amide bonds. The van der Waals surface area contributed by atoms with Crippen LogP contribution in [0.4, 0.5) is 0 Å². The van der Waals surface area contributed by atoms with Gasteiger partial charge in [0.25, 0.3) is 5.91 Å². The Morgan fingerprint density at radius 1 is 0.979 bits per heavy atom. The van der Waals surface area contributed by atoms with Crippen LogP contribution in [-0.4, -0.2) is 99.7 Å². The largest absolute Gasteiger partial charge is 0.378 e. The topological polar surface area (TPSA) is 100 Å². The molecule has 1 saturated carbocycles. The van der Waals surface area contributed by atoms with Gasteiger partial charge in [-0.25, -0.2) is 4.68 Å². The number of carbonyl (C=O) groups is 3. The molecule has 1 spiro atoms. The first-order valence-electron chi connectivity index (χ1n) is 17.7. The Kier molecular flexibility index (Phi) is 13.4. The van der Waals surface area contributed by atoms with Gasteiger partial charge >= 0.3 is 0 Å². The van der Waals surface area contributed by atoms with E-state index in [1.54, 1.807) is 0 Å². The number of aromatic nitrogens is 2. The molecule has 0 unspecified atom stereocenters. The zero-order chi connectivity index (χ0) is 32.3. The van der Waals surface area contributed by atoms with E-state index in [0.717, 1.165) is 56.0 Å². The Balaban J connectivity index is 0.00000260. The van der Waals surface area contributed by atoms with Gasteiger partial charge in [0.05, 0.1) is 24.6 Å². The van der Waals surface area contributed by atoms with Crippen LogP contribution in [0, 0.1) is 19.8 Å². The molecule has 3 aliphatic heterocycles. The molecule has 1 N–H and O–H groups in total. The van der Waals surface area contributed by atoms with E-state index in [1.807, 2.05) is 45.7 Å². The van der Waals surface area contributed by atoms with E-state index in [9.17, 15) is 14.4 Å². The number of likely N-dealkylation sites (tertiary alicyclic amines) is 1. The maximum Gasteiger partial charge on any atom is 0.254 e. The van der Waals surface area contributed by atoms with E-state index in [4.69, 9.17) is 9.84 Å². The first-order chi connectivity index (χ1) is 22.3. The molecule has 1 aromatic carbocycles. The quantitative estimate of drug-likeness (QED) is 0.384. The third kappa shape index (κ3) is 7.87. The van der Waals surface area contributed by atoms with E-state index in [1.165, 1.54) is 37.7 Å². The highest BCUT2D eigenvalue weighted by Crippen LogP contribution is 2.36. The van der Waals surface area contributed by atoms with Gasteiger partial charge in [0.15, 0.2) is 0 Å². The lowest BCUT2D eigenvalue weighted by atomic mass is 9.79. The summed E-state index contributed by atoms with van der Waals surface area (Å²) in [5.41, 5.74) is 4.09. The van der Waals surface area contributed by atoms with Gasteiger partial charge in [-0.2, -0.15) is 5.10 Å². The number of nitrogens with one attached hydrogen (secondary N) is 1. The van der Waals surface area contributed by atoms with Crippen LogP contribution in [0.25, 0.3) is 5.69 Å². The monoisotopic (exact) mass is 704 g/mol. The molecule has 4 heterocycles. The molecule has 48 heavy (non-hydrogen) atoms. The maximum atomic E-state index is 13.9. The minimum absolute atomic E-state index is 0. The number of morpholine rings is 1. The third-order valence-corrected chi connectivity index (χ3v) is 11.0. The molecule has 6 rings (SSSR count). The van der Waals surface area contributed by atoms with Gasteiger partial charge in [-0.1, -0.05) is 45.4 Å². The number of hydrogen-bond acceptors (Lipinski definition) is 6. The van der Waals surface area contributed by atoms with Gasteiger partial charge < -0.3 is 19.9 Å². The Morgan fingerprint density at radius 3 is 2.29 bits per heavy atom. The lowest BCUT2D eigenvalue weighted by Crippen LogP contribution is -2.73. The molecule has 12 heteroatoms. The first kappa shape index (κ1) is 38.1. The summed E-state index contributed by atoms with van der Waals surface area (Å²) >= 11 is 0. The molecule has 0 radical (unpaired) electrons. The second-order valence-corrected chi connectivity index (χ2v) is 13.9. The van der Waals surface area contributed by atoms with Crippen molar-refractivity contribution in [1.29, 1.82) is 0 Å². The molecule has 0 bridgehead atoms. The van der Waals surface area contributed by atoms with E-state index in [-0.39, 0.29) is 48.6 Å². The summed E-state index contributed by atoms with van der Waals surface area (Å²) in [6.07, 6.45) is 10.1. The predicted molar refractivity (Wildman–Crippen MR) is 191 cm³/mol. The van der Waals surface area contributed by atoms with Gasteiger partial charge in [0.2, 0.25) is 11.8 Å². The zero-order valence-corrected chi connectivity index (χ0v) is 30.5. The highest BCUT2D eigenvalue weighted by Gasteiger charge is 2.53. The fourth-order valence-electron chi connectivity index (χ4n) is 8.08. The number of halogens is 2. The number of piperidine rings is 1. The third-order valence-electron chi connectivity index (χ3n) is 11.0. The Bertz CT molecular complexity index is 1400. The summed E-state index contributed by atoms with van der Waals surface area (Å²) in [6, 6.07) is 7.32. The van der Waals surface area contributed by atoms with Crippen molar-refractivity contribution in [3.8, 4) is 5.69 Å². The van der Waals surface area contributed by atoms with Crippen molar-refractivity contribution >= 4 is 42.5 Å². The normalized spacial score (nSPS) is 21.9. The summed E-state index contributed by atoms with van der Waals surface area (Å²) in [6.45, 7) is 11.6. The average Bonchev–Trinajstić information content (AvgIpc) is 3.37. The zero-order valence-electron chi connectivity index (χ0n) is 28.9. The fraction of sp³-hybridized carbons (Fsp3) is 0.667. The molecule has 1 aromatic heterocycles. The molecule has 10 nitrogen and oxygen atoms in total. The van der Waals surface area contributed by atoms with Crippen molar-refractivity contribution in [2.24, 2.45) is 5.92 Å². The number of amides is 3. The van der Waals surface area contributed by atoms with Gasteiger partial charge in [-0.15, -0.1) is 24.8 Å². The lowest BCUT2D eigenvalue weighted by molar-refractivity contribution is -0.162. The van der Waals surface area contributed by atoms with Crippen LogP contribution >= 0.6 is 24.8 Å². The van der Waals surface area contributed by atoms with Gasteiger partial charge in [0, 0.05) is 56.1 Å². The predicted octanol–water partition coefficient (Wildman–Crippen LogP) is 5.24. The number of nitrogens with zero attached hydrogens (tertiary/aromatic N) is 5. The van der Waals surface area contributed by atoms with Crippen LogP contribution < -0.4 is 5.32 Å². The van der Waals surface area contributed by atoms with Gasteiger partial charge in [-0.3, -0.25) is 19.3 Å². The summed E-state index contributed by atoms with van der Waals surface area (Å²) in [5.74, 6) is 0.764. The van der Waals surface area contributed by atoms with Crippen LogP contribution in [0.15, 0.2) is 24.3 Å². The molecule has 266 valence electrons. The molecule has 1 aliphatic carbocycles. The Labute approximate surface area is 298 Å². The summed E-state index contributed by atoms with van der Waals surface area (Å²) in [5, 5.41) is 8.10. The number of unbranched alkanes of at least 4 members (excludes halogenated alkanes) is 1. The average molecular weight is 706 g/mol. The number of ether oxygens (including phenoxy) is 1. The minimum atomic E-state index is -0.750. The number of rotatable bonds is 9. The highest BCUT2D eigenvalue weighted by atomic mass is 35.5. The van der Waals surface area contributed by atoms with Crippen LogP contribution in [0.1, 0.15) is 98.4 Å². The molecular formula is C36H54Cl2N6O4. The lowest BCUT2D eigenvalue weighted by Gasteiger charge is -2.52. The molecule has 1 atom stereocenters. The van der Waals surface area contributed by atoms with Crippen molar-refractivity contribution in [3.63, 3.8) is 0 Å².